The van der Waals surface area contributed by atoms with Crippen molar-refractivity contribution in [2.75, 3.05) is 18.7 Å². The number of ether oxygens (including phenoxy) is 1. The molecule has 0 amide bonds. The number of para-hydroxylation sites is 1. The Bertz CT molecular complexity index is 240. The van der Waals surface area contributed by atoms with Crippen LogP contribution in [0.5, 0.6) is 5.75 Å². The van der Waals surface area contributed by atoms with Gasteiger partial charge < -0.3 is 4.74 Å². The smallest absolute Gasteiger partial charge is 0.132 e. The molecule has 3 heteroatoms. The van der Waals surface area contributed by atoms with Crippen molar-refractivity contribution in [2.45, 2.75) is 4.90 Å². The zero-order valence-corrected chi connectivity index (χ0v) is 8.49. The molecule has 0 aliphatic heterocycles. The molecular formula is C9H11ClOS. The Labute approximate surface area is 82.1 Å². The van der Waals surface area contributed by atoms with Gasteiger partial charge >= 0.3 is 0 Å². The van der Waals surface area contributed by atoms with Gasteiger partial charge in [0.1, 0.15) is 5.75 Å². The molecule has 0 unspecified atom stereocenters. The fourth-order valence-corrected chi connectivity index (χ4v) is 1.88. The third-order valence-electron chi connectivity index (χ3n) is 1.40. The monoisotopic (exact) mass is 202 g/mol. The second-order valence-corrected chi connectivity index (χ2v) is 3.70. The van der Waals surface area contributed by atoms with Gasteiger partial charge in [-0.1, -0.05) is 12.1 Å². The predicted octanol–water partition coefficient (Wildman–Crippen LogP) is 3.03. The number of benzene rings is 1. The van der Waals surface area contributed by atoms with Crippen LogP contribution in [0.2, 0.25) is 0 Å². The maximum absolute atomic E-state index is 5.59. The Kier molecular flexibility index (Phi) is 4.33. The molecule has 12 heavy (non-hydrogen) atoms. The number of hydrogen-bond acceptors (Lipinski definition) is 2. The molecule has 0 N–H and O–H groups in total. The van der Waals surface area contributed by atoms with E-state index in [1.807, 2.05) is 24.3 Å². The van der Waals surface area contributed by atoms with Crippen LogP contribution in [0.25, 0.3) is 0 Å². The number of halogens is 1. The van der Waals surface area contributed by atoms with Crippen molar-refractivity contribution in [1.29, 1.82) is 0 Å². The number of alkyl halides is 1. The van der Waals surface area contributed by atoms with Crippen molar-refractivity contribution in [3.63, 3.8) is 0 Å². The fourth-order valence-electron chi connectivity index (χ4n) is 0.887. The van der Waals surface area contributed by atoms with Crippen LogP contribution in [-0.4, -0.2) is 18.7 Å². The van der Waals surface area contributed by atoms with Gasteiger partial charge in [-0.25, -0.2) is 0 Å². The largest absolute Gasteiger partial charge is 0.496 e. The minimum Gasteiger partial charge on any atom is -0.496 e. The summed E-state index contributed by atoms with van der Waals surface area (Å²) in [5, 5.41) is 0. The molecular weight excluding hydrogens is 192 g/mol. The molecule has 1 rings (SSSR count). The molecule has 0 aliphatic carbocycles. The molecule has 1 nitrogen and oxygen atoms in total. The minimum atomic E-state index is 0.669. The molecule has 66 valence electrons. The summed E-state index contributed by atoms with van der Waals surface area (Å²) in [5.41, 5.74) is 0. The lowest BCUT2D eigenvalue weighted by molar-refractivity contribution is 0.405. The summed E-state index contributed by atoms with van der Waals surface area (Å²) >= 11 is 7.30. The van der Waals surface area contributed by atoms with Gasteiger partial charge in [0.25, 0.3) is 0 Å². The average Bonchev–Trinajstić information content (AvgIpc) is 2.15. The second-order valence-electron chi connectivity index (χ2n) is 2.19. The van der Waals surface area contributed by atoms with E-state index in [2.05, 4.69) is 0 Å². The first-order valence-corrected chi connectivity index (χ1v) is 5.22. The van der Waals surface area contributed by atoms with Gasteiger partial charge in [-0.2, -0.15) is 0 Å². The summed E-state index contributed by atoms with van der Waals surface area (Å²) in [7, 11) is 1.68. The van der Waals surface area contributed by atoms with E-state index in [0.29, 0.717) is 5.88 Å². The van der Waals surface area contributed by atoms with Crippen LogP contribution < -0.4 is 4.74 Å². The van der Waals surface area contributed by atoms with Crippen molar-refractivity contribution in [2.24, 2.45) is 0 Å². The van der Waals surface area contributed by atoms with E-state index < -0.39 is 0 Å². The lowest BCUT2D eigenvalue weighted by Gasteiger charge is -2.05. The Morgan fingerprint density at radius 1 is 1.42 bits per heavy atom. The van der Waals surface area contributed by atoms with Crippen molar-refractivity contribution in [3.05, 3.63) is 24.3 Å². The molecule has 0 fully saturated rings. The van der Waals surface area contributed by atoms with Crippen LogP contribution >= 0.6 is 23.4 Å². The third-order valence-corrected chi connectivity index (χ3v) is 2.87. The molecule has 0 saturated heterocycles. The molecule has 0 bridgehead atoms. The van der Waals surface area contributed by atoms with Crippen LogP contribution in [0, 0.1) is 0 Å². The van der Waals surface area contributed by atoms with Crippen LogP contribution in [0.3, 0.4) is 0 Å². The van der Waals surface area contributed by atoms with E-state index in [1.54, 1.807) is 18.9 Å². The summed E-state index contributed by atoms with van der Waals surface area (Å²) in [5.74, 6) is 2.51. The maximum Gasteiger partial charge on any atom is 0.132 e. The molecule has 0 aliphatic rings. The first kappa shape index (κ1) is 9.75. The lowest BCUT2D eigenvalue weighted by Crippen LogP contribution is -1.86. The van der Waals surface area contributed by atoms with Crippen molar-refractivity contribution >= 4 is 23.4 Å². The normalized spacial score (nSPS) is 9.83. The summed E-state index contributed by atoms with van der Waals surface area (Å²) < 4.78 is 5.18. The first-order chi connectivity index (χ1) is 5.88. The zero-order valence-electron chi connectivity index (χ0n) is 6.92. The standard InChI is InChI=1S/C9H11ClOS/c1-11-8-4-2-3-5-9(8)12-7-6-10/h2-5H,6-7H2,1H3. The van der Waals surface area contributed by atoms with E-state index in [4.69, 9.17) is 16.3 Å². The Morgan fingerprint density at radius 3 is 2.83 bits per heavy atom. The molecule has 1 aromatic rings. The van der Waals surface area contributed by atoms with Gasteiger partial charge in [-0.3, -0.25) is 0 Å². The molecule has 0 radical (unpaired) electrons. The van der Waals surface area contributed by atoms with Crippen molar-refractivity contribution < 1.29 is 4.74 Å². The molecule has 0 spiro atoms. The van der Waals surface area contributed by atoms with E-state index >= 15 is 0 Å². The SMILES string of the molecule is COc1ccccc1SCCCl. The molecule has 0 heterocycles. The number of hydrogen-bond donors (Lipinski definition) is 0. The summed E-state index contributed by atoms with van der Waals surface area (Å²) in [6.45, 7) is 0. The van der Waals surface area contributed by atoms with E-state index in [9.17, 15) is 0 Å². The Balaban J connectivity index is 2.68. The van der Waals surface area contributed by atoms with Gasteiger partial charge in [0.2, 0.25) is 0 Å². The summed E-state index contributed by atoms with van der Waals surface area (Å²) in [6, 6.07) is 7.95. The van der Waals surface area contributed by atoms with Crippen LogP contribution in [0.4, 0.5) is 0 Å². The van der Waals surface area contributed by atoms with E-state index in [1.165, 1.54) is 0 Å². The zero-order chi connectivity index (χ0) is 8.81. The highest BCUT2D eigenvalue weighted by Crippen LogP contribution is 2.28. The van der Waals surface area contributed by atoms with Crippen LogP contribution in [0.1, 0.15) is 0 Å². The van der Waals surface area contributed by atoms with Gasteiger partial charge in [0.05, 0.1) is 7.11 Å². The number of methoxy groups -OCH3 is 1. The molecule has 0 atom stereocenters. The van der Waals surface area contributed by atoms with Gasteiger partial charge in [0.15, 0.2) is 0 Å². The number of thioether (sulfide) groups is 1. The number of rotatable bonds is 4. The van der Waals surface area contributed by atoms with Crippen LogP contribution in [-0.2, 0) is 0 Å². The van der Waals surface area contributed by atoms with E-state index in [0.717, 1.165) is 16.4 Å². The van der Waals surface area contributed by atoms with Gasteiger partial charge in [-0.05, 0) is 12.1 Å². The lowest BCUT2D eigenvalue weighted by atomic mass is 10.3. The highest BCUT2D eigenvalue weighted by molar-refractivity contribution is 7.99. The summed E-state index contributed by atoms with van der Waals surface area (Å²) in [4.78, 5) is 1.15. The third kappa shape index (κ3) is 2.61. The molecule has 0 saturated carbocycles. The van der Waals surface area contributed by atoms with Gasteiger partial charge in [0, 0.05) is 16.5 Å². The van der Waals surface area contributed by atoms with Crippen molar-refractivity contribution in [3.8, 4) is 5.75 Å². The maximum atomic E-state index is 5.59. The molecule has 1 aromatic carbocycles. The second kappa shape index (κ2) is 5.33. The van der Waals surface area contributed by atoms with Crippen molar-refractivity contribution in [1.82, 2.24) is 0 Å². The Morgan fingerprint density at radius 2 is 2.17 bits per heavy atom. The summed E-state index contributed by atoms with van der Waals surface area (Å²) in [6.07, 6.45) is 0. The fraction of sp³-hybridized carbons (Fsp3) is 0.333. The highest BCUT2D eigenvalue weighted by Gasteiger charge is 2.00. The topological polar surface area (TPSA) is 9.23 Å². The highest BCUT2D eigenvalue weighted by atomic mass is 35.5. The first-order valence-electron chi connectivity index (χ1n) is 3.70. The average molecular weight is 203 g/mol. The van der Waals surface area contributed by atoms with Crippen LogP contribution in [0.15, 0.2) is 29.2 Å². The quantitative estimate of drug-likeness (QED) is 0.549. The van der Waals surface area contributed by atoms with E-state index in [-0.39, 0.29) is 0 Å². The van der Waals surface area contributed by atoms with Gasteiger partial charge in [-0.15, -0.1) is 23.4 Å². The predicted molar refractivity (Wildman–Crippen MR) is 54.4 cm³/mol. The Hall–Kier alpha value is -0.340. The minimum absolute atomic E-state index is 0.669. The molecule has 0 aromatic heterocycles.